The van der Waals surface area contributed by atoms with Gasteiger partial charge in [-0.25, -0.2) is 4.39 Å². The summed E-state index contributed by atoms with van der Waals surface area (Å²) in [4.78, 5) is 9.36. The van der Waals surface area contributed by atoms with E-state index < -0.39 is 18.3 Å². The van der Waals surface area contributed by atoms with Gasteiger partial charge in [-0.3, -0.25) is 0 Å². The molecule has 0 aliphatic carbocycles. The van der Waals surface area contributed by atoms with Gasteiger partial charge in [0.15, 0.2) is 0 Å². The number of halogens is 1. The van der Waals surface area contributed by atoms with Crippen LogP contribution in [-0.2, 0) is 4.79 Å². The van der Waals surface area contributed by atoms with E-state index in [2.05, 4.69) is 0 Å². The van der Waals surface area contributed by atoms with Crippen LogP contribution in [0.25, 0.3) is 0 Å². The van der Waals surface area contributed by atoms with E-state index in [0.717, 1.165) is 0 Å². The fourth-order valence-electron chi connectivity index (χ4n) is 0. The molecule has 34 valence electrons. The van der Waals surface area contributed by atoms with Crippen LogP contribution in [0.1, 0.15) is 2.74 Å². The van der Waals surface area contributed by atoms with E-state index >= 15 is 0 Å². The number of hydrogen-bond acceptors (Lipinski definition) is 2. The molecule has 0 unspecified atom stereocenters. The van der Waals surface area contributed by atoms with Crippen LogP contribution in [0.4, 0.5) is 4.39 Å². The molecule has 0 fully saturated rings. The van der Waals surface area contributed by atoms with Gasteiger partial charge in [0.1, 0.15) is 5.83 Å². The maximum absolute atomic E-state index is 11.5. The number of carboxylic acids is 1. The molecule has 0 aromatic heterocycles. The molecule has 0 saturated carbocycles. The third kappa shape index (κ3) is 6.14. The van der Waals surface area contributed by atoms with Gasteiger partial charge in [-0.1, -0.05) is 6.53 Å². The molecule has 0 N–H and O–H groups in total. The molecule has 0 spiro atoms. The fourth-order valence-corrected chi connectivity index (χ4v) is 0. The van der Waals surface area contributed by atoms with Crippen LogP contribution in [-0.4, -0.2) is 5.97 Å². The largest absolute Gasteiger partial charge is 1.00 e. The average Bonchev–Trinajstić information content (AvgIpc) is 1.64. The van der Waals surface area contributed by atoms with Crippen molar-refractivity contribution in [1.29, 1.82) is 0 Å². The van der Waals surface area contributed by atoms with Crippen LogP contribution in [0.3, 0.4) is 0 Å². The van der Waals surface area contributed by atoms with Crippen molar-refractivity contribution in [2.75, 3.05) is 0 Å². The Labute approximate surface area is 65.1 Å². The van der Waals surface area contributed by atoms with Gasteiger partial charge < -0.3 is 9.90 Å². The predicted molar refractivity (Wildman–Crippen MR) is 15.3 cm³/mol. The quantitative estimate of drug-likeness (QED) is 0.259. The van der Waals surface area contributed by atoms with Gasteiger partial charge in [-0.15, -0.1) is 0 Å². The second-order valence-corrected chi connectivity index (χ2v) is 0.601. The van der Waals surface area contributed by atoms with Crippen LogP contribution in [0, 0.1) is 0 Å². The molecule has 2 nitrogen and oxygen atoms in total. The predicted octanol–water partition coefficient (Wildman–Crippen LogP) is -3.78. The second-order valence-electron chi connectivity index (χ2n) is 0.601. The number of carboxylic acid groups (broad SMARTS) is 1. The number of aliphatic carboxylic acids is 1. The van der Waals surface area contributed by atoms with Crippen molar-refractivity contribution in [3.05, 3.63) is 12.4 Å². The Morgan fingerprint density at radius 1 is 2.00 bits per heavy atom. The van der Waals surface area contributed by atoms with Gasteiger partial charge in [-0.05, 0) is 0 Å². The number of hydrogen-bond donors (Lipinski definition) is 0. The van der Waals surface area contributed by atoms with Crippen LogP contribution in [0.2, 0.25) is 0 Å². The summed E-state index contributed by atoms with van der Waals surface area (Å²) >= 11 is 0. The van der Waals surface area contributed by atoms with Crippen molar-refractivity contribution in [3.63, 3.8) is 0 Å². The molecule has 0 radical (unpaired) electrons. The maximum Gasteiger partial charge on any atom is 1.00 e. The minimum Gasteiger partial charge on any atom is -0.542 e. The molecule has 0 rings (SSSR count). The molecule has 0 aliphatic heterocycles. The first kappa shape index (κ1) is 5.28. The summed E-state index contributed by atoms with van der Waals surface area (Å²) < 4.78 is 23.6. The first-order valence-electron chi connectivity index (χ1n) is 2.10. The van der Waals surface area contributed by atoms with E-state index in [1.54, 1.807) is 0 Å². The zero-order valence-corrected chi connectivity index (χ0v) is 5.69. The normalized spacial score (nSPS) is 9.86. The molecule has 0 amide bonds. The van der Waals surface area contributed by atoms with Gasteiger partial charge in [-0.2, -0.15) is 0 Å². The van der Waals surface area contributed by atoms with Crippen molar-refractivity contribution in [2.45, 2.75) is 0 Å². The molecule has 0 aromatic rings. The van der Waals surface area contributed by atoms with Crippen molar-refractivity contribution in [1.82, 2.24) is 0 Å². The van der Waals surface area contributed by atoms with Crippen LogP contribution < -0.4 is 34.7 Å². The number of carbonyl (C=O) groups excluding carboxylic acids is 1. The van der Waals surface area contributed by atoms with E-state index in [-0.39, 0.29) is 29.6 Å². The van der Waals surface area contributed by atoms with E-state index in [4.69, 9.17) is 2.74 Å². The second kappa shape index (κ2) is 4.30. The van der Waals surface area contributed by atoms with Gasteiger partial charge in [0.2, 0.25) is 0 Å². The van der Waals surface area contributed by atoms with Gasteiger partial charge in [0, 0.05) is 0 Å². The van der Waals surface area contributed by atoms with Gasteiger partial charge >= 0.3 is 29.6 Å². The summed E-state index contributed by atoms with van der Waals surface area (Å²) in [6.07, 6.45) is 0. The van der Waals surface area contributed by atoms with E-state index in [1.807, 2.05) is 0 Å². The molecule has 4 heteroatoms. The molecule has 7 heavy (non-hydrogen) atoms. The number of carbonyl (C=O) groups is 1. The Bertz CT molecular complexity index is 143. The van der Waals surface area contributed by atoms with Gasteiger partial charge in [0.05, 0.1) is 8.71 Å². The fraction of sp³-hybridized carbons (Fsp3) is 0. The van der Waals surface area contributed by atoms with Crippen molar-refractivity contribution in [2.24, 2.45) is 0 Å². The molecule has 0 heterocycles. The standard InChI is InChI=1S/C3H3FO2.Na/c1-2(4)3(5)6;/h1H2,(H,5,6);/q;+1/p-1/i1D2;. The minimum atomic E-state index is -2.12. The van der Waals surface area contributed by atoms with Crippen molar-refractivity contribution < 1.29 is 46.6 Å². The summed E-state index contributed by atoms with van der Waals surface area (Å²) in [5, 5.41) is 9.36. The summed E-state index contributed by atoms with van der Waals surface area (Å²) in [5.74, 6) is -3.96. The zero-order valence-electron chi connectivity index (χ0n) is 5.69. The molecule has 0 aliphatic rings. The number of rotatable bonds is 1. The Morgan fingerprint density at radius 3 is 2.43 bits per heavy atom. The average molecular weight is 114 g/mol. The van der Waals surface area contributed by atoms with Crippen molar-refractivity contribution in [3.8, 4) is 0 Å². The Kier molecular flexibility index (Phi) is 3.25. The molecule has 0 saturated heterocycles. The Morgan fingerprint density at radius 2 is 2.43 bits per heavy atom. The molecule has 0 aromatic carbocycles. The van der Waals surface area contributed by atoms with E-state index in [1.165, 1.54) is 0 Å². The monoisotopic (exact) mass is 114 g/mol. The summed E-state index contributed by atoms with van der Waals surface area (Å²) in [7, 11) is 0. The van der Waals surface area contributed by atoms with E-state index in [9.17, 15) is 14.3 Å². The SMILES string of the molecule is [2H]C([2H])=C(F)C(=O)[O-].[Na+]. The maximum atomic E-state index is 11.5. The summed E-state index contributed by atoms with van der Waals surface area (Å²) in [5.41, 5.74) is 0. The Balaban J connectivity index is 0. The molecular weight excluding hydrogens is 110 g/mol. The molecule has 0 bridgehead atoms. The topological polar surface area (TPSA) is 40.1 Å². The zero-order chi connectivity index (χ0) is 6.73. The summed E-state index contributed by atoms with van der Waals surface area (Å²) in [6.45, 7) is -1.37. The molecule has 0 atom stereocenters. The molecular formula is C3H2FNaO2. The third-order valence-corrected chi connectivity index (χ3v) is 0.179. The summed E-state index contributed by atoms with van der Waals surface area (Å²) in [6, 6.07) is 0. The van der Waals surface area contributed by atoms with E-state index in [0.29, 0.717) is 0 Å². The third-order valence-electron chi connectivity index (χ3n) is 0.179. The first-order valence-corrected chi connectivity index (χ1v) is 1.10. The first-order chi connectivity index (χ1) is 3.55. The Hall–Kier alpha value is 0.140. The minimum absolute atomic E-state index is 0. The van der Waals surface area contributed by atoms with Crippen LogP contribution in [0.5, 0.6) is 0 Å². The van der Waals surface area contributed by atoms with Crippen molar-refractivity contribution >= 4 is 5.97 Å². The van der Waals surface area contributed by atoms with Gasteiger partial charge in [0.25, 0.3) is 0 Å². The van der Waals surface area contributed by atoms with Crippen LogP contribution >= 0.6 is 0 Å². The van der Waals surface area contributed by atoms with Crippen LogP contribution in [0.15, 0.2) is 12.4 Å². The smallest absolute Gasteiger partial charge is 0.542 e.